The van der Waals surface area contributed by atoms with E-state index in [0.717, 1.165) is 12.0 Å². The molecule has 2 aliphatic heterocycles. The largest absolute Gasteiger partial charge is 0.504 e. The van der Waals surface area contributed by atoms with E-state index in [-0.39, 0.29) is 32.8 Å². The van der Waals surface area contributed by atoms with Crippen LogP contribution in [0, 0.1) is 6.92 Å². The number of sulfone groups is 1. The first-order valence-electron chi connectivity index (χ1n) is 8.51. The highest BCUT2D eigenvalue weighted by atomic mass is 35.5. The second-order valence-corrected chi connectivity index (χ2v) is 8.99. The molecule has 0 bridgehead atoms. The van der Waals surface area contributed by atoms with Crippen LogP contribution in [0.25, 0.3) is 10.7 Å². The fourth-order valence-corrected chi connectivity index (χ4v) is 5.80. The van der Waals surface area contributed by atoms with Gasteiger partial charge in [-0.2, -0.15) is 0 Å². The van der Waals surface area contributed by atoms with Gasteiger partial charge in [0.25, 0.3) is 0 Å². The molecule has 1 fully saturated rings. The van der Waals surface area contributed by atoms with Gasteiger partial charge in [-0.25, -0.2) is 8.42 Å². The fourth-order valence-electron chi connectivity index (χ4n) is 3.65. The van der Waals surface area contributed by atoms with Crippen molar-refractivity contribution in [3.63, 3.8) is 0 Å². The lowest BCUT2D eigenvalue weighted by molar-refractivity contribution is -0.117. The molecule has 140 valence electrons. The summed E-state index contributed by atoms with van der Waals surface area (Å²) in [5.41, 5.74) is 2.13. The van der Waals surface area contributed by atoms with E-state index in [9.17, 15) is 18.3 Å². The average Bonchev–Trinajstić information content (AvgIpc) is 3.02. The molecule has 3 heterocycles. The Balaban J connectivity index is 1.97. The molecule has 0 unspecified atom stereocenters. The minimum atomic E-state index is -3.83. The smallest absolute Gasteiger partial charge is 0.227 e. The van der Waals surface area contributed by atoms with Gasteiger partial charge in [-0.05, 0) is 30.5 Å². The normalized spacial score (nSPS) is 18.7. The maximum Gasteiger partial charge on any atom is 0.227 e. The maximum atomic E-state index is 12.9. The van der Waals surface area contributed by atoms with Crippen LogP contribution in [0.3, 0.4) is 0 Å². The summed E-state index contributed by atoms with van der Waals surface area (Å²) < 4.78 is 25.8. The van der Waals surface area contributed by atoms with Gasteiger partial charge in [-0.1, -0.05) is 29.8 Å². The molecular formula is C19H17ClN2O4S. The van der Waals surface area contributed by atoms with Crippen LogP contribution in [0.4, 0.5) is 5.69 Å². The number of aromatic nitrogens is 1. The van der Waals surface area contributed by atoms with Crippen molar-refractivity contribution < 1.29 is 18.3 Å². The summed E-state index contributed by atoms with van der Waals surface area (Å²) in [6.07, 6.45) is 2.65. The zero-order chi connectivity index (χ0) is 19.3. The number of rotatable bonds is 2. The van der Waals surface area contributed by atoms with Crippen molar-refractivity contribution >= 4 is 43.7 Å². The third kappa shape index (κ3) is 2.82. The second-order valence-electron chi connectivity index (χ2n) is 6.69. The van der Waals surface area contributed by atoms with Crippen LogP contribution >= 0.6 is 11.6 Å². The molecule has 0 spiro atoms. The summed E-state index contributed by atoms with van der Waals surface area (Å²) in [6, 6.07) is 6.53. The summed E-state index contributed by atoms with van der Waals surface area (Å²) in [5.74, 6) is -0.729. The van der Waals surface area contributed by atoms with Gasteiger partial charge in [-0.15, -0.1) is 0 Å². The van der Waals surface area contributed by atoms with Gasteiger partial charge in [0.05, 0.1) is 16.5 Å². The Hall–Kier alpha value is -2.38. The highest BCUT2D eigenvalue weighted by Crippen LogP contribution is 2.44. The van der Waals surface area contributed by atoms with Gasteiger partial charge < -0.3 is 10.0 Å². The van der Waals surface area contributed by atoms with E-state index in [4.69, 9.17) is 11.6 Å². The minimum absolute atomic E-state index is 0.0473. The van der Waals surface area contributed by atoms with Crippen molar-refractivity contribution in [3.8, 4) is 0 Å². The van der Waals surface area contributed by atoms with Gasteiger partial charge in [0.2, 0.25) is 5.91 Å². The summed E-state index contributed by atoms with van der Waals surface area (Å²) >= 11 is 6.59. The number of hydrogen-bond acceptors (Lipinski definition) is 5. The SMILES string of the molecule is Cc1ccc(C2=C(O)c3ncccc3CS2(=O)=O)c(Cl)c1N1CCCC1=O. The van der Waals surface area contributed by atoms with Crippen LogP contribution in [-0.2, 0) is 20.4 Å². The fraction of sp³-hybridized carbons (Fsp3) is 0.263. The lowest BCUT2D eigenvalue weighted by Gasteiger charge is -2.24. The lowest BCUT2D eigenvalue weighted by Crippen LogP contribution is -2.25. The Kier molecular flexibility index (Phi) is 4.24. The number of hydrogen-bond donors (Lipinski definition) is 1. The molecule has 0 saturated carbocycles. The third-order valence-electron chi connectivity index (χ3n) is 4.89. The van der Waals surface area contributed by atoms with Crippen LogP contribution < -0.4 is 4.90 Å². The molecule has 0 atom stereocenters. The van der Waals surface area contributed by atoms with E-state index < -0.39 is 15.6 Å². The summed E-state index contributed by atoms with van der Waals surface area (Å²) in [6.45, 7) is 2.35. The monoisotopic (exact) mass is 404 g/mol. The number of carbonyl (C=O) groups is 1. The van der Waals surface area contributed by atoms with E-state index in [0.29, 0.717) is 24.2 Å². The Bertz CT molecular complexity index is 1110. The van der Waals surface area contributed by atoms with Crippen LogP contribution in [0.5, 0.6) is 0 Å². The number of nitrogens with zero attached hydrogens (tertiary/aromatic N) is 2. The molecule has 1 aromatic carbocycles. The highest BCUT2D eigenvalue weighted by molar-refractivity contribution is 8.00. The molecular weight excluding hydrogens is 388 g/mol. The Morgan fingerprint density at radius 3 is 2.74 bits per heavy atom. The molecule has 27 heavy (non-hydrogen) atoms. The van der Waals surface area contributed by atoms with Crippen LogP contribution in [0.15, 0.2) is 30.5 Å². The van der Waals surface area contributed by atoms with Crippen molar-refractivity contribution in [2.75, 3.05) is 11.4 Å². The van der Waals surface area contributed by atoms with Crippen molar-refractivity contribution in [1.82, 2.24) is 4.98 Å². The molecule has 0 radical (unpaired) electrons. The van der Waals surface area contributed by atoms with Gasteiger partial charge in [0.1, 0.15) is 10.6 Å². The quantitative estimate of drug-likeness (QED) is 0.827. The van der Waals surface area contributed by atoms with Crippen LogP contribution in [-0.4, -0.2) is 31.0 Å². The standard InChI is InChI=1S/C19H17ClN2O4S/c1-11-6-7-13(15(20)17(11)22-9-3-5-14(22)23)19-18(24)16-12(4-2-8-21-16)10-27(19,25)26/h2,4,6-8,24H,3,5,9-10H2,1H3. The predicted octanol–water partition coefficient (Wildman–Crippen LogP) is 3.48. The number of halogens is 1. The number of benzene rings is 1. The third-order valence-corrected chi connectivity index (χ3v) is 7.00. The number of carbonyl (C=O) groups excluding carboxylic acids is 1. The van der Waals surface area contributed by atoms with Crippen molar-refractivity contribution in [1.29, 1.82) is 0 Å². The van der Waals surface area contributed by atoms with E-state index in [1.165, 1.54) is 6.20 Å². The molecule has 1 aromatic heterocycles. The van der Waals surface area contributed by atoms with Gasteiger partial charge >= 0.3 is 0 Å². The first kappa shape index (κ1) is 18.0. The molecule has 2 aromatic rings. The number of aryl methyl sites for hydroxylation is 1. The Morgan fingerprint density at radius 1 is 1.26 bits per heavy atom. The van der Waals surface area contributed by atoms with Gasteiger partial charge in [0, 0.05) is 24.7 Å². The summed E-state index contributed by atoms with van der Waals surface area (Å²) in [7, 11) is -3.83. The maximum absolute atomic E-state index is 12.9. The number of aliphatic hydroxyl groups is 1. The number of pyridine rings is 1. The number of amides is 1. The first-order chi connectivity index (χ1) is 12.8. The molecule has 6 nitrogen and oxygen atoms in total. The topological polar surface area (TPSA) is 87.6 Å². The highest BCUT2D eigenvalue weighted by Gasteiger charge is 2.35. The minimum Gasteiger partial charge on any atom is -0.504 e. The lowest BCUT2D eigenvalue weighted by atomic mass is 10.1. The van der Waals surface area contributed by atoms with Crippen LogP contribution in [0.1, 0.15) is 35.2 Å². The van der Waals surface area contributed by atoms with Crippen molar-refractivity contribution in [3.05, 3.63) is 57.9 Å². The average molecular weight is 405 g/mol. The molecule has 1 amide bonds. The number of fused-ring (bicyclic) bond motifs is 1. The molecule has 0 aliphatic carbocycles. The number of anilines is 1. The van der Waals surface area contributed by atoms with E-state index in [1.54, 1.807) is 29.2 Å². The zero-order valence-electron chi connectivity index (χ0n) is 14.6. The first-order valence-corrected chi connectivity index (χ1v) is 10.5. The van der Waals surface area contributed by atoms with Gasteiger partial charge in [-0.3, -0.25) is 9.78 Å². The van der Waals surface area contributed by atoms with E-state index in [2.05, 4.69) is 4.98 Å². The van der Waals surface area contributed by atoms with Crippen molar-refractivity contribution in [2.45, 2.75) is 25.5 Å². The summed E-state index contributed by atoms with van der Waals surface area (Å²) in [4.78, 5) is 17.7. The molecule has 1 saturated heterocycles. The van der Waals surface area contributed by atoms with Crippen molar-refractivity contribution in [2.24, 2.45) is 0 Å². The predicted molar refractivity (Wildman–Crippen MR) is 104 cm³/mol. The molecule has 8 heteroatoms. The molecule has 1 N–H and O–H groups in total. The Labute approximate surface area is 162 Å². The Morgan fingerprint density at radius 2 is 2.04 bits per heavy atom. The molecule has 2 aliphatic rings. The summed E-state index contributed by atoms with van der Waals surface area (Å²) in [5, 5.41) is 10.9. The van der Waals surface area contributed by atoms with Crippen LogP contribution in [0.2, 0.25) is 5.02 Å². The van der Waals surface area contributed by atoms with E-state index >= 15 is 0 Å². The number of aliphatic hydroxyl groups excluding tert-OH is 1. The zero-order valence-corrected chi connectivity index (χ0v) is 16.1. The second kappa shape index (κ2) is 6.35. The molecule has 4 rings (SSSR count). The van der Waals surface area contributed by atoms with E-state index in [1.807, 2.05) is 6.92 Å². The van der Waals surface area contributed by atoms with Gasteiger partial charge in [0.15, 0.2) is 15.6 Å².